The van der Waals surface area contributed by atoms with Crippen molar-refractivity contribution >= 4 is 16.7 Å². The third-order valence-electron chi connectivity index (χ3n) is 3.73. The number of aromatic nitrogens is 2. The molecule has 28 heavy (non-hydrogen) atoms. The number of methoxy groups -OCH3 is 1. The van der Waals surface area contributed by atoms with E-state index in [4.69, 9.17) is 9.47 Å². The number of hydrogen-bond acceptors (Lipinski definition) is 5. The Labute approximate surface area is 163 Å². The van der Waals surface area contributed by atoms with E-state index in [1.54, 1.807) is 18.2 Å². The number of anilines is 1. The van der Waals surface area contributed by atoms with Crippen molar-refractivity contribution in [3.8, 4) is 22.9 Å². The number of nitrogens with one attached hydrogen (secondary N) is 1. The maximum Gasteiger partial charge on any atom is 0.257 e. The summed E-state index contributed by atoms with van der Waals surface area (Å²) < 4.78 is 52.9. The van der Waals surface area contributed by atoms with Gasteiger partial charge >= 0.3 is 0 Å². The molecule has 0 bridgehead atoms. The molecule has 1 heterocycles. The van der Waals surface area contributed by atoms with Crippen molar-refractivity contribution in [2.75, 3.05) is 18.1 Å². The Hall–Kier alpha value is -3.07. The van der Waals surface area contributed by atoms with E-state index in [1.807, 2.05) is 0 Å². The predicted molar refractivity (Wildman–Crippen MR) is 102 cm³/mol. The van der Waals surface area contributed by atoms with E-state index in [9.17, 15) is 13.0 Å². The first-order chi connectivity index (χ1) is 13.5. The molecule has 2 aromatic carbocycles. The number of ether oxygens (including phenoxy) is 2. The fourth-order valence-electron chi connectivity index (χ4n) is 2.50. The van der Waals surface area contributed by atoms with E-state index in [0.29, 0.717) is 11.3 Å². The minimum atomic E-state index is -1.38. The summed E-state index contributed by atoms with van der Waals surface area (Å²) in [5, 5.41) is 7.84. The van der Waals surface area contributed by atoms with Gasteiger partial charge in [-0.05, 0) is 35.9 Å². The minimum absolute atomic E-state index is 0.00652. The van der Waals surface area contributed by atoms with Crippen LogP contribution in [0.5, 0.6) is 11.6 Å². The van der Waals surface area contributed by atoms with E-state index >= 15 is 0 Å². The lowest BCUT2D eigenvalue weighted by Crippen LogP contribution is -2.06. The molecule has 3 rings (SSSR count). The van der Waals surface area contributed by atoms with Crippen LogP contribution in [0.15, 0.2) is 48.5 Å². The van der Waals surface area contributed by atoms with Crippen LogP contribution in [0, 0.1) is 11.6 Å². The second kappa shape index (κ2) is 8.75. The van der Waals surface area contributed by atoms with Gasteiger partial charge < -0.3 is 14.2 Å². The number of nitrogens with zero attached hydrogens (tertiary/aromatic N) is 2. The first kappa shape index (κ1) is 19.7. The molecule has 0 spiro atoms. The Morgan fingerprint density at radius 3 is 2.61 bits per heavy atom. The fourth-order valence-corrected chi connectivity index (χ4v) is 2.95. The van der Waals surface area contributed by atoms with Crippen LogP contribution in [-0.4, -0.2) is 27.8 Å². The Morgan fingerprint density at radius 2 is 1.89 bits per heavy atom. The summed E-state index contributed by atoms with van der Waals surface area (Å²) in [5.74, 6) is -0.898. The molecular weight excluding hydrogens is 388 g/mol. The van der Waals surface area contributed by atoms with Gasteiger partial charge in [-0.2, -0.15) is 0 Å². The third kappa shape index (κ3) is 4.61. The monoisotopic (exact) mass is 405 g/mol. The molecule has 1 atom stereocenters. The summed E-state index contributed by atoms with van der Waals surface area (Å²) >= 11 is 0. The molecule has 146 valence electrons. The van der Waals surface area contributed by atoms with Crippen LogP contribution in [0.2, 0.25) is 0 Å². The lowest BCUT2D eigenvalue weighted by atomic mass is 10.1. The van der Waals surface area contributed by atoms with Gasteiger partial charge in [-0.1, -0.05) is 18.2 Å². The van der Waals surface area contributed by atoms with Gasteiger partial charge in [-0.25, -0.2) is 13.0 Å². The maximum atomic E-state index is 14.9. The average Bonchev–Trinajstić information content (AvgIpc) is 2.67. The second-order valence-corrected chi connectivity index (χ2v) is 6.86. The molecule has 3 aromatic rings. The summed E-state index contributed by atoms with van der Waals surface area (Å²) in [4.78, 5) is 0. The molecular formula is C19H17F2N3O3S. The first-order valence-corrected chi connectivity index (χ1v) is 9.71. The predicted octanol–water partition coefficient (Wildman–Crippen LogP) is 3.71. The summed E-state index contributed by atoms with van der Waals surface area (Å²) in [6.07, 6.45) is 1.45. The Morgan fingerprint density at radius 1 is 1.11 bits per heavy atom. The van der Waals surface area contributed by atoms with Gasteiger partial charge in [0.15, 0.2) is 11.6 Å². The lowest BCUT2D eigenvalue weighted by Gasteiger charge is -2.12. The molecule has 1 unspecified atom stereocenters. The van der Waals surface area contributed by atoms with Gasteiger partial charge in [0.2, 0.25) is 0 Å². The molecule has 0 aliphatic rings. The van der Waals surface area contributed by atoms with E-state index in [-0.39, 0.29) is 29.5 Å². The molecule has 0 fully saturated rings. The molecule has 0 amide bonds. The minimum Gasteiger partial charge on any atom is -0.486 e. The molecule has 1 aromatic heterocycles. The highest BCUT2D eigenvalue weighted by atomic mass is 32.2. The zero-order valence-electron chi connectivity index (χ0n) is 15.1. The van der Waals surface area contributed by atoms with Gasteiger partial charge in [0.05, 0.1) is 12.8 Å². The van der Waals surface area contributed by atoms with Gasteiger partial charge in [-0.15, -0.1) is 10.2 Å². The Kier molecular flexibility index (Phi) is 6.15. The smallest absolute Gasteiger partial charge is 0.257 e. The summed E-state index contributed by atoms with van der Waals surface area (Å²) in [6, 6.07) is 12.0. The van der Waals surface area contributed by atoms with Crippen LogP contribution < -0.4 is 14.2 Å². The van der Waals surface area contributed by atoms with Crippen molar-refractivity contribution in [1.29, 1.82) is 0 Å². The molecule has 6 nitrogen and oxygen atoms in total. The Bertz CT molecular complexity index is 1020. The van der Waals surface area contributed by atoms with Crippen LogP contribution in [0.25, 0.3) is 11.3 Å². The standard InChI is InChI=1S/C19H17F2N3O3S/c1-26-19-16(24-28(2)25)10-15(22-23-19)14-7-4-8-17(18(14)21)27-11-12-5-3-6-13(20)9-12/h3-10H,11H2,1-2H3,(H,22,24). The molecule has 0 radical (unpaired) electrons. The van der Waals surface area contributed by atoms with Gasteiger partial charge in [0.25, 0.3) is 5.88 Å². The van der Waals surface area contributed by atoms with Gasteiger partial charge in [0, 0.05) is 11.8 Å². The quantitative estimate of drug-likeness (QED) is 0.649. The fraction of sp³-hybridized carbons (Fsp3) is 0.158. The topological polar surface area (TPSA) is 73.3 Å². The number of rotatable bonds is 7. The highest BCUT2D eigenvalue weighted by molar-refractivity contribution is 7.85. The molecule has 0 aliphatic carbocycles. The van der Waals surface area contributed by atoms with E-state index in [0.717, 1.165) is 0 Å². The lowest BCUT2D eigenvalue weighted by molar-refractivity contribution is 0.290. The first-order valence-electron chi connectivity index (χ1n) is 8.16. The molecule has 0 aliphatic heterocycles. The highest BCUT2D eigenvalue weighted by Gasteiger charge is 2.16. The van der Waals surface area contributed by atoms with Crippen molar-refractivity contribution in [3.63, 3.8) is 0 Å². The average molecular weight is 405 g/mol. The highest BCUT2D eigenvalue weighted by Crippen LogP contribution is 2.31. The summed E-state index contributed by atoms with van der Waals surface area (Å²) in [7, 11) is 0.0218. The van der Waals surface area contributed by atoms with Crippen LogP contribution in [0.3, 0.4) is 0 Å². The zero-order chi connectivity index (χ0) is 20.1. The molecule has 0 saturated heterocycles. The SMILES string of the molecule is COc1nnc(-c2cccc(OCc3cccc(F)c3)c2F)cc1NS(C)=O. The van der Waals surface area contributed by atoms with Crippen molar-refractivity contribution in [3.05, 3.63) is 65.7 Å². The molecule has 9 heteroatoms. The summed E-state index contributed by atoms with van der Waals surface area (Å²) in [6.45, 7) is 0.00798. The van der Waals surface area contributed by atoms with E-state index in [1.165, 1.54) is 43.7 Å². The van der Waals surface area contributed by atoms with Crippen LogP contribution in [0.1, 0.15) is 5.56 Å². The third-order valence-corrected chi connectivity index (χ3v) is 4.24. The zero-order valence-corrected chi connectivity index (χ0v) is 15.9. The number of hydrogen-bond donors (Lipinski definition) is 1. The number of benzene rings is 2. The van der Waals surface area contributed by atoms with Gasteiger partial charge in [-0.3, -0.25) is 0 Å². The largest absolute Gasteiger partial charge is 0.486 e. The van der Waals surface area contributed by atoms with Crippen LogP contribution in [0.4, 0.5) is 14.5 Å². The molecule has 0 saturated carbocycles. The van der Waals surface area contributed by atoms with Crippen molar-refractivity contribution in [2.24, 2.45) is 0 Å². The van der Waals surface area contributed by atoms with E-state index < -0.39 is 22.6 Å². The van der Waals surface area contributed by atoms with Crippen molar-refractivity contribution in [1.82, 2.24) is 10.2 Å². The van der Waals surface area contributed by atoms with Crippen LogP contribution in [-0.2, 0) is 17.6 Å². The maximum absolute atomic E-state index is 14.9. The van der Waals surface area contributed by atoms with E-state index in [2.05, 4.69) is 14.9 Å². The normalized spacial score (nSPS) is 11.7. The molecule has 1 N–H and O–H groups in total. The van der Waals surface area contributed by atoms with Gasteiger partial charge in [0.1, 0.15) is 29.1 Å². The van der Waals surface area contributed by atoms with Crippen molar-refractivity contribution < 1.29 is 22.5 Å². The second-order valence-electron chi connectivity index (χ2n) is 5.75. The summed E-state index contributed by atoms with van der Waals surface area (Å²) in [5.41, 5.74) is 1.25. The Balaban J connectivity index is 1.89. The van der Waals surface area contributed by atoms with Crippen molar-refractivity contribution in [2.45, 2.75) is 6.61 Å². The van der Waals surface area contributed by atoms with Crippen LogP contribution >= 0.6 is 0 Å². The number of halogens is 2.